The van der Waals surface area contributed by atoms with E-state index in [1.165, 1.54) is 6.42 Å². The van der Waals surface area contributed by atoms with E-state index in [4.69, 9.17) is 5.11 Å². The van der Waals surface area contributed by atoms with Crippen molar-refractivity contribution in [3.63, 3.8) is 0 Å². The highest BCUT2D eigenvalue weighted by atomic mass is 32.1. The summed E-state index contributed by atoms with van der Waals surface area (Å²) in [6, 6.07) is 4.38. The van der Waals surface area contributed by atoms with Gasteiger partial charge in [-0.05, 0) is 50.8 Å². The van der Waals surface area contributed by atoms with E-state index in [1.54, 1.807) is 11.3 Å². The molecule has 1 aromatic heterocycles. The van der Waals surface area contributed by atoms with E-state index < -0.39 is 5.97 Å². The van der Waals surface area contributed by atoms with E-state index in [0.29, 0.717) is 6.04 Å². The fourth-order valence-electron chi connectivity index (χ4n) is 2.60. The van der Waals surface area contributed by atoms with E-state index in [9.17, 15) is 4.79 Å². The normalized spacial score (nSPS) is 22.9. The number of aliphatic carboxylic acids is 1. The molecule has 0 aromatic carbocycles. The third kappa shape index (κ3) is 4.60. The number of carbonyl (C=O) groups is 1. The van der Waals surface area contributed by atoms with Crippen molar-refractivity contribution >= 4 is 17.3 Å². The number of carboxylic acid groups (broad SMARTS) is 1. The second kappa shape index (κ2) is 7.03. The van der Waals surface area contributed by atoms with Gasteiger partial charge in [0.2, 0.25) is 0 Å². The quantitative estimate of drug-likeness (QED) is 0.870. The van der Waals surface area contributed by atoms with Gasteiger partial charge in [-0.15, -0.1) is 11.3 Å². The largest absolute Gasteiger partial charge is 0.481 e. The van der Waals surface area contributed by atoms with Crippen LogP contribution in [0, 0.1) is 0 Å². The molecular formula is C14H22N2O2S. The van der Waals surface area contributed by atoms with Gasteiger partial charge in [0.05, 0.1) is 12.5 Å². The van der Waals surface area contributed by atoms with Gasteiger partial charge in [0.25, 0.3) is 0 Å². The maximum atomic E-state index is 11.0. The predicted molar refractivity (Wildman–Crippen MR) is 77.6 cm³/mol. The molecule has 1 aliphatic rings. The van der Waals surface area contributed by atoms with Crippen molar-refractivity contribution in [2.75, 3.05) is 20.1 Å². The lowest BCUT2D eigenvalue weighted by atomic mass is 10.1. The monoisotopic (exact) mass is 282 g/mol. The fraction of sp³-hybridized carbons (Fsp3) is 0.643. The summed E-state index contributed by atoms with van der Waals surface area (Å²) in [7, 11) is 2.15. The second-order valence-corrected chi connectivity index (χ2v) is 6.24. The third-order valence-electron chi connectivity index (χ3n) is 3.65. The van der Waals surface area contributed by atoms with Crippen LogP contribution in [0.3, 0.4) is 0 Å². The van der Waals surface area contributed by atoms with Gasteiger partial charge in [-0.25, -0.2) is 0 Å². The molecule has 1 aliphatic heterocycles. The summed E-state index contributed by atoms with van der Waals surface area (Å²) < 4.78 is 0. The van der Waals surface area contributed by atoms with E-state index in [1.807, 2.05) is 17.5 Å². The number of hydrogen-bond donors (Lipinski definition) is 2. The molecule has 2 unspecified atom stereocenters. The first-order valence-electron chi connectivity index (χ1n) is 6.85. The van der Waals surface area contributed by atoms with Gasteiger partial charge in [-0.1, -0.05) is 6.07 Å². The van der Waals surface area contributed by atoms with Crippen LogP contribution in [-0.4, -0.2) is 42.2 Å². The minimum absolute atomic E-state index is 0.0501. The molecule has 2 atom stereocenters. The second-order valence-electron chi connectivity index (χ2n) is 5.26. The molecular weight excluding hydrogens is 260 g/mol. The number of hydrogen-bond acceptors (Lipinski definition) is 4. The lowest BCUT2D eigenvalue weighted by Gasteiger charge is -2.23. The Labute approximate surface area is 118 Å². The lowest BCUT2D eigenvalue weighted by Crippen LogP contribution is -2.34. The Balaban J connectivity index is 1.97. The smallest absolute Gasteiger partial charge is 0.305 e. The molecule has 19 heavy (non-hydrogen) atoms. The number of thiophene rings is 1. The van der Waals surface area contributed by atoms with Crippen LogP contribution in [0.5, 0.6) is 0 Å². The maximum Gasteiger partial charge on any atom is 0.305 e. The van der Waals surface area contributed by atoms with Crippen molar-refractivity contribution in [3.8, 4) is 0 Å². The molecule has 2 heterocycles. The Kier molecular flexibility index (Phi) is 5.36. The zero-order chi connectivity index (χ0) is 13.7. The summed E-state index contributed by atoms with van der Waals surface area (Å²) in [4.78, 5) is 14.5. The predicted octanol–water partition coefficient (Wildman–Crippen LogP) is 2.34. The average Bonchev–Trinajstić information content (AvgIpc) is 2.80. The van der Waals surface area contributed by atoms with Crippen molar-refractivity contribution in [1.82, 2.24) is 10.2 Å². The van der Waals surface area contributed by atoms with Crippen molar-refractivity contribution in [1.29, 1.82) is 0 Å². The molecule has 2 rings (SSSR count). The van der Waals surface area contributed by atoms with Gasteiger partial charge < -0.3 is 15.3 Å². The van der Waals surface area contributed by atoms with Crippen LogP contribution in [0.25, 0.3) is 0 Å². The highest BCUT2D eigenvalue weighted by Gasteiger charge is 2.22. The van der Waals surface area contributed by atoms with E-state index in [-0.39, 0.29) is 12.5 Å². The summed E-state index contributed by atoms with van der Waals surface area (Å²) >= 11 is 1.63. The summed E-state index contributed by atoms with van der Waals surface area (Å²) in [6.45, 7) is 2.22. The SMILES string of the molecule is CN1CCCC(NC(CC(=O)O)c2cccs2)CC1. The molecule has 5 heteroatoms. The number of nitrogens with one attached hydrogen (secondary N) is 1. The van der Waals surface area contributed by atoms with Crippen LogP contribution >= 0.6 is 11.3 Å². The van der Waals surface area contributed by atoms with Crippen molar-refractivity contribution < 1.29 is 9.90 Å². The first kappa shape index (κ1) is 14.5. The van der Waals surface area contributed by atoms with Gasteiger partial charge in [0.15, 0.2) is 0 Å². The maximum absolute atomic E-state index is 11.0. The van der Waals surface area contributed by atoms with Crippen molar-refractivity contribution in [3.05, 3.63) is 22.4 Å². The third-order valence-corrected chi connectivity index (χ3v) is 4.64. The molecule has 0 bridgehead atoms. The number of nitrogens with zero attached hydrogens (tertiary/aromatic N) is 1. The van der Waals surface area contributed by atoms with Crippen molar-refractivity contribution in [2.24, 2.45) is 0 Å². The van der Waals surface area contributed by atoms with Crippen LogP contribution in [-0.2, 0) is 4.79 Å². The molecule has 1 fully saturated rings. The molecule has 0 aliphatic carbocycles. The standard InChI is InChI=1S/C14H22N2O2S/c1-16-7-2-4-11(6-8-16)15-12(10-14(17)18)13-5-3-9-19-13/h3,5,9,11-12,15H,2,4,6-8,10H2,1H3,(H,17,18). The van der Waals surface area contributed by atoms with E-state index >= 15 is 0 Å². The van der Waals surface area contributed by atoms with Gasteiger partial charge in [0.1, 0.15) is 0 Å². The molecule has 0 radical (unpaired) electrons. The fourth-order valence-corrected chi connectivity index (χ4v) is 3.38. The summed E-state index contributed by atoms with van der Waals surface area (Å²) in [5.41, 5.74) is 0. The van der Waals surface area contributed by atoms with E-state index in [2.05, 4.69) is 17.3 Å². The Morgan fingerprint density at radius 2 is 2.42 bits per heavy atom. The Morgan fingerprint density at radius 3 is 3.11 bits per heavy atom. The Hall–Kier alpha value is -0.910. The minimum atomic E-state index is -0.739. The number of carboxylic acids is 1. The first-order valence-corrected chi connectivity index (χ1v) is 7.73. The topological polar surface area (TPSA) is 52.6 Å². The molecule has 0 spiro atoms. The molecule has 4 nitrogen and oxygen atoms in total. The Morgan fingerprint density at radius 1 is 1.58 bits per heavy atom. The van der Waals surface area contributed by atoms with Crippen LogP contribution in [0.15, 0.2) is 17.5 Å². The van der Waals surface area contributed by atoms with Crippen LogP contribution in [0.2, 0.25) is 0 Å². The zero-order valence-corrected chi connectivity index (χ0v) is 12.2. The van der Waals surface area contributed by atoms with E-state index in [0.717, 1.165) is 30.8 Å². The number of rotatable bonds is 5. The van der Waals surface area contributed by atoms with Gasteiger partial charge in [-0.2, -0.15) is 0 Å². The van der Waals surface area contributed by atoms with Crippen LogP contribution < -0.4 is 5.32 Å². The summed E-state index contributed by atoms with van der Waals surface area (Å²) in [5.74, 6) is -0.739. The molecule has 1 aromatic rings. The highest BCUT2D eigenvalue weighted by molar-refractivity contribution is 7.10. The summed E-state index contributed by atoms with van der Waals surface area (Å²) in [5, 5.41) is 14.6. The lowest BCUT2D eigenvalue weighted by molar-refractivity contribution is -0.137. The molecule has 0 saturated carbocycles. The first-order chi connectivity index (χ1) is 9.15. The molecule has 106 valence electrons. The number of likely N-dealkylation sites (tertiary alicyclic amines) is 1. The van der Waals surface area contributed by atoms with Gasteiger partial charge in [0, 0.05) is 10.9 Å². The van der Waals surface area contributed by atoms with Gasteiger partial charge in [-0.3, -0.25) is 4.79 Å². The molecule has 2 N–H and O–H groups in total. The van der Waals surface area contributed by atoms with Crippen LogP contribution in [0.1, 0.15) is 36.6 Å². The Bertz CT molecular complexity index is 394. The molecule has 1 saturated heterocycles. The zero-order valence-electron chi connectivity index (χ0n) is 11.3. The average molecular weight is 282 g/mol. The summed E-state index contributed by atoms with van der Waals surface area (Å²) in [6.07, 6.45) is 3.56. The van der Waals surface area contributed by atoms with Crippen LogP contribution in [0.4, 0.5) is 0 Å². The van der Waals surface area contributed by atoms with Crippen molar-refractivity contribution in [2.45, 2.75) is 37.8 Å². The highest BCUT2D eigenvalue weighted by Crippen LogP contribution is 2.24. The molecule has 0 amide bonds. The minimum Gasteiger partial charge on any atom is -0.481 e. The van der Waals surface area contributed by atoms with Gasteiger partial charge >= 0.3 is 5.97 Å².